The predicted octanol–water partition coefficient (Wildman–Crippen LogP) is 2.76. The Labute approximate surface area is 61.0 Å². The SMILES string of the molecule is C=C/C(C)=C(/C)SOC. The van der Waals surface area contributed by atoms with Crippen LogP contribution in [0.3, 0.4) is 0 Å². The van der Waals surface area contributed by atoms with Crippen LogP contribution in [0.2, 0.25) is 0 Å². The van der Waals surface area contributed by atoms with Gasteiger partial charge in [0, 0.05) is 16.9 Å². The summed E-state index contributed by atoms with van der Waals surface area (Å²) < 4.78 is 4.84. The summed E-state index contributed by atoms with van der Waals surface area (Å²) in [5.74, 6) is 0. The molecule has 0 atom stereocenters. The maximum absolute atomic E-state index is 4.84. The Morgan fingerprint density at radius 1 is 1.56 bits per heavy atom. The Hall–Kier alpha value is -0.210. The monoisotopic (exact) mass is 144 g/mol. The van der Waals surface area contributed by atoms with Gasteiger partial charge >= 0.3 is 0 Å². The van der Waals surface area contributed by atoms with E-state index < -0.39 is 0 Å². The maximum atomic E-state index is 4.84. The second-order valence-corrected chi connectivity index (χ2v) is 2.81. The first-order valence-electron chi connectivity index (χ1n) is 2.73. The van der Waals surface area contributed by atoms with Crippen molar-refractivity contribution in [2.75, 3.05) is 7.11 Å². The number of allylic oxidation sites excluding steroid dienone is 3. The van der Waals surface area contributed by atoms with Gasteiger partial charge in [-0.05, 0) is 19.4 Å². The molecule has 0 saturated carbocycles. The number of hydrogen-bond donors (Lipinski definition) is 0. The maximum Gasteiger partial charge on any atom is 0.0508 e. The molecule has 0 spiro atoms. The molecule has 0 aromatic heterocycles. The molecule has 0 fully saturated rings. The first-order chi connectivity index (χ1) is 4.22. The summed E-state index contributed by atoms with van der Waals surface area (Å²) in [5.41, 5.74) is 1.17. The molecule has 1 nitrogen and oxygen atoms in total. The topological polar surface area (TPSA) is 9.23 Å². The molecular formula is C7H12OS. The van der Waals surface area contributed by atoms with Gasteiger partial charge in [-0.25, -0.2) is 0 Å². The lowest BCUT2D eigenvalue weighted by Crippen LogP contribution is -1.74. The normalized spacial score (nSPS) is 12.8. The summed E-state index contributed by atoms with van der Waals surface area (Å²) in [6.45, 7) is 7.65. The minimum atomic E-state index is 1.16. The average molecular weight is 144 g/mol. The molecule has 0 aromatic rings. The molecular weight excluding hydrogens is 132 g/mol. The third-order valence-corrected chi connectivity index (χ3v) is 1.81. The molecule has 0 radical (unpaired) electrons. The molecule has 0 N–H and O–H groups in total. The van der Waals surface area contributed by atoms with Crippen LogP contribution in [0.15, 0.2) is 23.1 Å². The average Bonchev–Trinajstić information content (AvgIpc) is 1.87. The summed E-state index contributed by atoms with van der Waals surface area (Å²) in [4.78, 5) is 1.16. The van der Waals surface area contributed by atoms with Crippen molar-refractivity contribution in [2.45, 2.75) is 13.8 Å². The standard InChI is InChI=1S/C7H12OS/c1-5-6(2)7(3)9-8-4/h5H,1H2,2-4H3/b7-6-. The summed E-state index contributed by atoms with van der Waals surface area (Å²) in [7, 11) is 1.66. The first kappa shape index (κ1) is 8.79. The van der Waals surface area contributed by atoms with Crippen LogP contribution in [-0.4, -0.2) is 7.11 Å². The third-order valence-electron chi connectivity index (χ3n) is 1.07. The van der Waals surface area contributed by atoms with Gasteiger partial charge in [-0.15, -0.1) is 0 Å². The van der Waals surface area contributed by atoms with Crippen molar-refractivity contribution in [1.29, 1.82) is 0 Å². The largest absolute Gasteiger partial charge is 0.314 e. The zero-order valence-corrected chi connectivity index (χ0v) is 6.92. The van der Waals surface area contributed by atoms with Crippen molar-refractivity contribution < 1.29 is 4.18 Å². The van der Waals surface area contributed by atoms with Crippen LogP contribution < -0.4 is 0 Å². The van der Waals surface area contributed by atoms with E-state index in [0.29, 0.717) is 0 Å². The van der Waals surface area contributed by atoms with Crippen molar-refractivity contribution in [1.82, 2.24) is 0 Å². The molecule has 0 amide bonds. The molecule has 0 rings (SSSR count). The van der Waals surface area contributed by atoms with Crippen molar-refractivity contribution >= 4 is 12.0 Å². The quantitative estimate of drug-likeness (QED) is 0.445. The molecule has 0 heterocycles. The Morgan fingerprint density at radius 3 is 2.44 bits per heavy atom. The highest BCUT2D eigenvalue weighted by Gasteiger charge is 1.91. The molecule has 0 unspecified atom stereocenters. The van der Waals surface area contributed by atoms with Crippen LogP contribution in [0.1, 0.15) is 13.8 Å². The van der Waals surface area contributed by atoms with Gasteiger partial charge in [0.2, 0.25) is 0 Å². The fourth-order valence-corrected chi connectivity index (χ4v) is 0.799. The van der Waals surface area contributed by atoms with Crippen molar-refractivity contribution in [2.24, 2.45) is 0 Å². The van der Waals surface area contributed by atoms with E-state index in [4.69, 9.17) is 4.18 Å². The lowest BCUT2D eigenvalue weighted by atomic mass is 10.3. The highest BCUT2D eigenvalue weighted by Crippen LogP contribution is 2.18. The van der Waals surface area contributed by atoms with E-state index in [9.17, 15) is 0 Å². The Morgan fingerprint density at radius 2 is 2.11 bits per heavy atom. The lowest BCUT2D eigenvalue weighted by Gasteiger charge is -1.98. The van der Waals surface area contributed by atoms with E-state index in [-0.39, 0.29) is 0 Å². The molecule has 9 heavy (non-hydrogen) atoms. The minimum Gasteiger partial charge on any atom is -0.314 e. The van der Waals surface area contributed by atoms with Gasteiger partial charge in [-0.3, -0.25) is 0 Å². The van der Waals surface area contributed by atoms with Gasteiger partial charge in [0.25, 0.3) is 0 Å². The van der Waals surface area contributed by atoms with Gasteiger partial charge < -0.3 is 4.18 Å². The first-order valence-corrected chi connectivity index (χ1v) is 3.47. The van der Waals surface area contributed by atoms with Crippen LogP contribution in [-0.2, 0) is 4.18 Å². The smallest absolute Gasteiger partial charge is 0.0508 e. The van der Waals surface area contributed by atoms with Gasteiger partial charge in [-0.2, -0.15) is 0 Å². The fraction of sp³-hybridized carbons (Fsp3) is 0.429. The summed E-state index contributed by atoms with van der Waals surface area (Å²) in [6.07, 6.45) is 1.82. The van der Waals surface area contributed by atoms with E-state index in [1.807, 2.05) is 19.9 Å². The number of hydrogen-bond acceptors (Lipinski definition) is 2. The van der Waals surface area contributed by atoms with Crippen LogP contribution in [0.25, 0.3) is 0 Å². The van der Waals surface area contributed by atoms with E-state index >= 15 is 0 Å². The Kier molecular flexibility index (Phi) is 4.54. The molecule has 52 valence electrons. The zero-order valence-electron chi connectivity index (χ0n) is 6.10. The molecule has 0 bridgehead atoms. The molecule has 0 aliphatic rings. The van der Waals surface area contributed by atoms with E-state index in [0.717, 1.165) is 4.91 Å². The lowest BCUT2D eigenvalue weighted by molar-refractivity contribution is 0.493. The molecule has 0 aromatic carbocycles. The minimum absolute atomic E-state index is 1.16. The highest BCUT2D eigenvalue weighted by molar-refractivity contribution is 7.98. The van der Waals surface area contributed by atoms with E-state index in [1.165, 1.54) is 17.6 Å². The molecule has 0 saturated heterocycles. The molecule has 0 aliphatic heterocycles. The van der Waals surface area contributed by atoms with Crippen LogP contribution in [0, 0.1) is 0 Å². The second-order valence-electron chi connectivity index (χ2n) is 1.69. The van der Waals surface area contributed by atoms with Crippen LogP contribution in [0.4, 0.5) is 0 Å². The zero-order chi connectivity index (χ0) is 7.28. The number of rotatable bonds is 3. The van der Waals surface area contributed by atoms with Crippen molar-refractivity contribution in [3.05, 3.63) is 23.1 Å². The summed E-state index contributed by atoms with van der Waals surface area (Å²) >= 11 is 1.37. The molecule has 2 heteroatoms. The highest BCUT2D eigenvalue weighted by atomic mass is 32.2. The van der Waals surface area contributed by atoms with Crippen molar-refractivity contribution in [3.63, 3.8) is 0 Å². The Balaban J connectivity index is 3.93. The Bertz CT molecular complexity index is 127. The van der Waals surface area contributed by atoms with E-state index in [2.05, 4.69) is 6.58 Å². The third kappa shape index (κ3) is 3.38. The van der Waals surface area contributed by atoms with Crippen LogP contribution >= 0.6 is 12.0 Å². The fourth-order valence-electron chi connectivity index (χ4n) is 0.334. The van der Waals surface area contributed by atoms with Gasteiger partial charge in [-0.1, -0.05) is 12.7 Å². The summed E-state index contributed by atoms with van der Waals surface area (Å²) in [6, 6.07) is 0. The molecule has 0 aliphatic carbocycles. The van der Waals surface area contributed by atoms with Gasteiger partial charge in [0.15, 0.2) is 0 Å². The second kappa shape index (κ2) is 4.65. The van der Waals surface area contributed by atoms with Gasteiger partial charge in [0.1, 0.15) is 0 Å². The predicted molar refractivity (Wildman–Crippen MR) is 43.2 cm³/mol. The van der Waals surface area contributed by atoms with Crippen molar-refractivity contribution in [3.8, 4) is 0 Å². The summed E-state index contributed by atoms with van der Waals surface area (Å²) in [5, 5.41) is 0. The van der Waals surface area contributed by atoms with Gasteiger partial charge in [0.05, 0.1) is 7.11 Å². The van der Waals surface area contributed by atoms with E-state index in [1.54, 1.807) is 7.11 Å². The van der Waals surface area contributed by atoms with Crippen LogP contribution in [0.5, 0.6) is 0 Å².